The van der Waals surface area contributed by atoms with Crippen LogP contribution in [-0.2, 0) is 5.60 Å². The highest BCUT2D eigenvalue weighted by atomic mass is 16.5. The van der Waals surface area contributed by atoms with Gasteiger partial charge in [0.1, 0.15) is 18.0 Å². The van der Waals surface area contributed by atoms with Crippen LogP contribution in [0.2, 0.25) is 0 Å². The van der Waals surface area contributed by atoms with Crippen molar-refractivity contribution in [3.8, 4) is 5.75 Å². The number of nitrogens with two attached hydrogens (primary N) is 1. The highest BCUT2D eigenvalue weighted by Crippen LogP contribution is 2.28. The van der Waals surface area contributed by atoms with Crippen molar-refractivity contribution in [2.75, 3.05) is 6.61 Å². The molecule has 0 bridgehead atoms. The van der Waals surface area contributed by atoms with Crippen LogP contribution in [0, 0.1) is 6.92 Å². The van der Waals surface area contributed by atoms with E-state index in [-0.39, 0.29) is 12.6 Å². The molecule has 0 saturated carbocycles. The van der Waals surface area contributed by atoms with Crippen LogP contribution in [0.3, 0.4) is 0 Å². The lowest BCUT2D eigenvalue weighted by atomic mass is 9.97. The summed E-state index contributed by atoms with van der Waals surface area (Å²) in [4.78, 5) is 0. The summed E-state index contributed by atoms with van der Waals surface area (Å²) >= 11 is 0. The quantitative estimate of drug-likeness (QED) is 0.886. The third-order valence-corrected chi connectivity index (χ3v) is 3.56. The predicted molar refractivity (Wildman–Crippen MR) is 85.3 cm³/mol. The molecule has 0 aromatic heterocycles. The molecule has 2 unspecified atom stereocenters. The van der Waals surface area contributed by atoms with Crippen LogP contribution >= 0.6 is 0 Å². The molecule has 112 valence electrons. The minimum Gasteiger partial charge on any atom is -0.490 e. The zero-order valence-corrected chi connectivity index (χ0v) is 12.8. The fourth-order valence-corrected chi connectivity index (χ4v) is 2.24. The molecule has 0 aliphatic heterocycles. The molecule has 2 aromatic carbocycles. The SMILES string of the molecule is Cc1ccc(C(C)N)c(OCC(C)(O)c2ccccc2)c1. The van der Waals surface area contributed by atoms with Crippen molar-refractivity contribution in [3.05, 3.63) is 65.2 Å². The molecule has 3 nitrogen and oxygen atoms in total. The molecule has 0 aliphatic rings. The first-order chi connectivity index (χ1) is 9.90. The molecular formula is C18H23NO2. The van der Waals surface area contributed by atoms with Gasteiger partial charge in [0.25, 0.3) is 0 Å². The Bertz CT molecular complexity index is 591. The Morgan fingerprint density at radius 3 is 2.48 bits per heavy atom. The first kappa shape index (κ1) is 15.5. The van der Waals surface area contributed by atoms with Crippen molar-refractivity contribution >= 4 is 0 Å². The smallest absolute Gasteiger partial charge is 0.124 e. The molecule has 3 N–H and O–H groups in total. The first-order valence-electron chi connectivity index (χ1n) is 7.17. The molecule has 2 atom stereocenters. The summed E-state index contributed by atoms with van der Waals surface area (Å²) in [5.74, 6) is 0.737. The number of aliphatic hydroxyl groups is 1. The van der Waals surface area contributed by atoms with E-state index in [2.05, 4.69) is 0 Å². The molecule has 0 saturated heterocycles. The van der Waals surface area contributed by atoms with Crippen LogP contribution in [-0.4, -0.2) is 11.7 Å². The van der Waals surface area contributed by atoms with Crippen molar-refractivity contribution in [1.29, 1.82) is 0 Å². The van der Waals surface area contributed by atoms with Gasteiger partial charge in [0, 0.05) is 11.6 Å². The van der Waals surface area contributed by atoms with Crippen molar-refractivity contribution in [1.82, 2.24) is 0 Å². The number of hydrogen-bond donors (Lipinski definition) is 2. The van der Waals surface area contributed by atoms with Gasteiger partial charge in [-0.05, 0) is 38.0 Å². The van der Waals surface area contributed by atoms with E-state index < -0.39 is 5.60 Å². The van der Waals surface area contributed by atoms with E-state index in [0.29, 0.717) is 0 Å². The van der Waals surface area contributed by atoms with Crippen LogP contribution < -0.4 is 10.5 Å². The van der Waals surface area contributed by atoms with Gasteiger partial charge in [0.15, 0.2) is 0 Å². The van der Waals surface area contributed by atoms with Crippen LogP contribution in [0.15, 0.2) is 48.5 Å². The van der Waals surface area contributed by atoms with Gasteiger partial charge in [0.05, 0.1) is 0 Å². The molecule has 0 spiro atoms. The summed E-state index contributed by atoms with van der Waals surface area (Å²) in [5, 5.41) is 10.6. The summed E-state index contributed by atoms with van der Waals surface area (Å²) < 4.78 is 5.87. The number of aryl methyl sites for hydroxylation is 1. The number of benzene rings is 2. The van der Waals surface area contributed by atoms with Crippen molar-refractivity contribution < 1.29 is 9.84 Å². The van der Waals surface area contributed by atoms with E-state index in [0.717, 1.165) is 22.4 Å². The standard InChI is InChI=1S/C18H23NO2/c1-13-9-10-16(14(2)19)17(11-13)21-12-18(3,20)15-7-5-4-6-8-15/h4-11,14,20H,12,19H2,1-3H3. The van der Waals surface area contributed by atoms with Gasteiger partial charge in [-0.3, -0.25) is 0 Å². The minimum atomic E-state index is -1.04. The summed E-state index contributed by atoms with van der Waals surface area (Å²) in [7, 11) is 0. The van der Waals surface area contributed by atoms with E-state index in [1.165, 1.54) is 0 Å². The fourth-order valence-electron chi connectivity index (χ4n) is 2.24. The Morgan fingerprint density at radius 2 is 1.86 bits per heavy atom. The maximum absolute atomic E-state index is 10.6. The Morgan fingerprint density at radius 1 is 1.19 bits per heavy atom. The van der Waals surface area contributed by atoms with Crippen molar-refractivity contribution in [2.45, 2.75) is 32.4 Å². The molecule has 0 aliphatic carbocycles. The van der Waals surface area contributed by atoms with E-state index in [1.54, 1.807) is 6.92 Å². The zero-order valence-electron chi connectivity index (χ0n) is 12.8. The lowest BCUT2D eigenvalue weighted by molar-refractivity contribution is 0.00720. The molecule has 21 heavy (non-hydrogen) atoms. The van der Waals surface area contributed by atoms with Crippen LogP contribution in [0.25, 0.3) is 0 Å². The summed E-state index contributed by atoms with van der Waals surface area (Å²) in [6.45, 7) is 5.86. The summed E-state index contributed by atoms with van der Waals surface area (Å²) in [6, 6.07) is 15.4. The Kier molecular flexibility index (Phi) is 4.66. The van der Waals surface area contributed by atoms with Gasteiger partial charge < -0.3 is 15.6 Å². The monoisotopic (exact) mass is 285 g/mol. The first-order valence-corrected chi connectivity index (χ1v) is 7.17. The lowest BCUT2D eigenvalue weighted by Gasteiger charge is -2.25. The van der Waals surface area contributed by atoms with Gasteiger partial charge in [-0.25, -0.2) is 0 Å². The topological polar surface area (TPSA) is 55.5 Å². The van der Waals surface area contributed by atoms with E-state index in [9.17, 15) is 5.11 Å². The third kappa shape index (κ3) is 3.84. The van der Waals surface area contributed by atoms with Gasteiger partial charge >= 0.3 is 0 Å². The second-order valence-electron chi connectivity index (χ2n) is 5.76. The molecule has 3 heteroatoms. The number of hydrogen-bond acceptors (Lipinski definition) is 3. The second kappa shape index (κ2) is 6.29. The molecule has 0 amide bonds. The molecule has 0 radical (unpaired) electrons. The Hall–Kier alpha value is -1.84. The second-order valence-corrected chi connectivity index (χ2v) is 5.76. The Balaban J connectivity index is 2.18. The normalized spacial score (nSPS) is 15.3. The van der Waals surface area contributed by atoms with E-state index >= 15 is 0 Å². The largest absolute Gasteiger partial charge is 0.490 e. The van der Waals surface area contributed by atoms with Crippen molar-refractivity contribution in [3.63, 3.8) is 0 Å². The summed E-state index contributed by atoms with van der Waals surface area (Å²) in [5.41, 5.74) is 7.82. The molecule has 2 aromatic rings. The number of ether oxygens (including phenoxy) is 1. The average molecular weight is 285 g/mol. The highest BCUT2D eigenvalue weighted by Gasteiger charge is 2.24. The van der Waals surface area contributed by atoms with Gasteiger partial charge in [-0.1, -0.05) is 42.5 Å². The maximum atomic E-state index is 10.6. The maximum Gasteiger partial charge on any atom is 0.124 e. The third-order valence-electron chi connectivity index (χ3n) is 3.56. The molecule has 2 rings (SSSR count). The summed E-state index contributed by atoms with van der Waals surface area (Å²) in [6.07, 6.45) is 0. The fraction of sp³-hybridized carbons (Fsp3) is 0.333. The lowest BCUT2D eigenvalue weighted by Crippen LogP contribution is -2.29. The van der Waals surface area contributed by atoms with Crippen LogP contribution in [0.1, 0.15) is 36.6 Å². The predicted octanol–water partition coefficient (Wildman–Crippen LogP) is 3.30. The van der Waals surface area contributed by atoms with Crippen molar-refractivity contribution in [2.24, 2.45) is 5.73 Å². The molecule has 0 fully saturated rings. The van der Waals surface area contributed by atoms with Crippen LogP contribution in [0.4, 0.5) is 0 Å². The molecular weight excluding hydrogens is 262 g/mol. The van der Waals surface area contributed by atoms with Gasteiger partial charge in [0.2, 0.25) is 0 Å². The minimum absolute atomic E-state index is 0.109. The average Bonchev–Trinajstić information content (AvgIpc) is 2.46. The number of rotatable bonds is 5. The highest BCUT2D eigenvalue weighted by molar-refractivity contribution is 5.39. The van der Waals surface area contributed by atoms with Crippen LogP contribution in [0.5, 0.6) is 5.75 Å². The molecule has 0 heterocycles. The Labute approximate surface area is 126 Å². The van der Waals surface area contributed by atoms with Gasteiger partial charge in [-0.2, -0.15) is 0 Å². The zero-order chi connectivity index (χ0) is 15.5. The van der Waals surface area contributed by atoms with E-state index in [1.807, 2.05) is 62.4 Å². The van der Waals surface area contributed by atoms with Gasteiger partial charge in [-0.15, -0.1) is 0 Å². The van der Waals surface area contributed by atoms with E-state index in [4.69, 9.17) is 10.5 Å².